The lowest BCUT2D eigenvalue weighted by Gasteiger charge is -2.14. The second-order valence-electron chi connectivity index (χ2n) is 5.71. The third kappa shape index (κ3) is 4.30. The van der Waals surface area contributed by atoms with Crippen molar-refractivity contribution >= 4 is 28.2 Å². The van der Waals surface area contributed by atoms with Crippen molar-refractivity contribution in [2.24, 2.45) is 5.92 Å². The summed E-state index contributed by atoms with van der Waals surface area (Å²) < 4.78 is 5.06. The zero-order valence-electron chi connectivity index (χ0n) is 13.5. The molecule has 5 nitrogen and oxygen atoms in total. The Morgan fingerprint density at radius 3 is 2.82 bits per heavy atom. The first kappa shape index (κ1) is 17.0. The van der Waals surface area contributed by atoms with Crippen LogP contribution in [-0.2, 0) is 16.0 Å². The van der Waals surface area contributed by atoms with Crippen LogP contribution in [0.15, 0.2) is 6.07 Å². The molecule has 0 saturated carbocycles. The standard InChI is InChI=1S/C16H24N2O3S/c1-4-12-8-13(16(20)21-5-2)15(22-12)17-14(19)10-18-7-6-11(3)9-18/h8,11H,4-7,9-10H2,1-3H3,(H,17,19). The van der Waals surface area contributed by atoms with E-state index in [1.54, 1.807) is 6.92 Å². The van der Waals surface area contributed by atoms with Crippen LogP contribution in [0.3, 0.4) is 0 Å². The molecule has 6 heteroatoms. The van der Waals surface area contributed by atoms with Gasteiger partial charge in [-0.2, -0.15) is 0 Å². The summed E-state index contributed by atoms with van der Waals surface area (Å²) in [6, 6.07) is 1.82. The Kier molecular flexibility index (Phi) is 5.97. The summed E-state index contributed by atoms with van der Waals surface area (Å²) in [7, 11) is 0. The minimum Gasteiger partial charge on any atom is -0.462 e. The first-order valence-electron chi connectivity index (χ1n) is 7.85. The second kappa shape index (κ2) is 7.74. The lowest BCUT2D eigenvalue weighted by atomic mass is 10.2. The van der Waals surface area contributed by atoms with Gasteiger partial charge in [0, 0.05) is 11.4 Å². The minimum absolute atomic E-state index is 0.0656. The average Bonchev–Trinajstić information content (AvgIpc) is 3.05. The molecule has 22 heavy (non-hydrogen) atoms. The van der Waals surface area contributed by atoms with Crippen molar-refractivity contribution in [2.45, 2.75) is 33.6 Å². The summed E-state index contributed by atoms with van der Waals surface area (Å²) in [5.74, 6) is 0.212. The molecule has 1 aromatic rings. The molecule has 0 bridgehead atoms. The van der Waals surface area contributed by atoms with E-state index < -0.39 is 0 Å². The summed E-state index contributed by atoms with van der Waals surface area (Å²) in [5.41, 5.74) is 0.465. The molecule has 0 radical (unpaired) electrons. The summed E-state index contributed by atoms with van der Waals surface area (Å²) in [6.07, 6.45) is 1.97. The number of hydrogen-bond acceptors (Lipinski definition) is 5. The Morgan fingerprint density at radius 1 is 1.45 bits per heavy atom. The molecule has 1 atom stereocenters. The molecule has 1 aliphatic rings. The van der Waals surface area contributed by atoms with Crippen LogP contribution in [0.4, 0.5) is 5.00 Å². The highest BCUT2D eigenvalue weighted by Crippen LogP contribution is 2.29. The molecule has 1 aliphatic heterocycles. The van der Waals surface area contributed by atoms with E-state index in [2.05, 4.69) is 17.1 Å². The molecule has 2 rings (SSSR count). The first-order valence-corrected chi connectivity index (χ1v) is 8.67. The predicted molar refractivity (Wildman–Crippen MR) is 88.5 cm³/mol. The van der Waals surface area contributed by atoms with Crippen LogP contribution >= 0.6 is 11.3 Å². The number of carbonyl (C=O) groups excluding carboxylic acids is 2. The van der Waals surface area contributed by atoms with Crippen LogP contribution in [0.2, 0.25) is 0 Å². The number of rotatable bonds is 6. The van der Waals surface area contributed by atoms with Crippen molar-refractivity contribution < 1.29 is 14.3 Å². The van der Waals surface area contributed by atoms with Crippen LogP contribution in [0.5, 0.6) is 0 Å². The van der Waals surface area contributed by atoms with E-state index in [9.17, 15) is 9.59 Å². The SMILES string of the molecule is CCOC(=O)c1cc(CC)sc1NC(=O)CN1CCC(C)C1. The number of aryl methyl sites for hydroxylation is 1. The molecular weight excluding hydrogens is 300 g/mol. The van der Waals surface area contributed by atoms with Crippen LogP contribution < -0.4 is 5.32 Å². The number of nitrogens with one attached hydrogen (secondary N) is 1. The monoisotopic (exact) mass is 324 g/mol. The summed E-state index contributed by atoms with van der Waals surface area (Å²) in [5, 5.41) is 3.49. The molecule has 0 aromatic carbocycles. The van der Waals surface area contributed by atoms with Gasteiger partial charge in [-0.25, -0.2) is 4.79 Å². The van der Waals surface area contributed by atoms with Gasteiger partial charge in [0.15, 0.2) is 0 Å². The molecule has 122 valence electrons. The maximum absolute atomic E-state index is 12.2. The van der Waals surface area contributed by atoms with Gasteiger partial charge in [-0.3, -0.25) is 9.69 Å². The van der Waals surface area contributed by atoms with Crippen molar-refractivity contribution in [2.75, 3.05) is 31.6 Å². The van der Waals surface area contributed by atoms with Crippen LogP contribution in [0.1, 0.15) is 42.4 Å². The Bertz CT molecular complexity index is 541. The van der Waals surface area contributed by atoms with Gasteiger partial charge in [-0.15, -0.1) is 11.3 Å². The smallest absolute Gasteiger partial charge is 0.341 e. The Morgan fingerprint density at radius 2 is 2.23 bits per heavy atom. The number of ether oxygens (including phenoxy) is 1. The quantitative estimate of drug-likeness (QED) is 0.818. The number of nitrogens with zero attached hydrogens (tertiary/aromatic N) is 1. The first-order chi connectivity index (χ1) is 10.5. The lowest BCUT2D eigenvalue weighted by molar-refractivity contribution is -0.117. The third-order valence-electron chi connectivity index (χ3n) is 3.76. The molecule has 0 aliphatic carbocycles. The van der Waals surface area contributed by atoms with E-state index in [4.69, 9.17) is 4.74 Å². The number of thiophene rings is 1. The van der Waals surface area contributed by atoms with Gasteiger partial charge in [0.2, 0.25) is 5.91 Å². The Balaban J connectivity index is 2.02. The highest BCUT2D eigenvalue weighted by Gasteiger charge is 2.23. The molecule has 1 saturated heterocycles. The number of esters is 1. The predicted octanol–water partition coefficient (Wildman–Crippen LogP) is 2.77. The molecule has 1 N–H and O–H groups in total. The van der Waals surface area contributed by atoms with Crippen molar-refractivity contribution in [3.8, 4) is 0 Å². The van der Waals surface area contributed by atoms with Crippen molar-refractivity contribution in [3.63, 3.8) is 0 Å². The highest BCUT2D eigenvalue weighted by molar-refractivity contribution is 7.16. The maximum atomic E-state index is 12.2. The van der Waals surface area contributed by atoms with Gasteiger partial charge in [0.1, 0.15) is 5.00 Å². The Hall–Kier alpha value is -1.40. The fraction of sp³-hybridized carbons (Fsp3) is 0.625. The normalized spacial score (nSPS) is 18.4. The number of carbonyl (C=O) groups is 2. The van der Waals surface area contributed by atoms with Crippen LogP contribution in [-0.4, -0.2) is 43.0 Å². The number of anilines is 1. The molecule has 1 fully saturated rings. The number of amides is 1. The second-order valence-corrected chi connectivity index (χ2v) is 6.84. The summed E-state index contributed by atoms with van der Waals surface area (Å²) >= 11 is 1.45. The van der Waals surface area contributed by atoms with E-state index in [0.717, 1.165) is 30.8 Å². The summed E-state index contributed by atoms with van der Waals surface area (Å²) in [6.45, 7) is 8.63. The largest absolute Gasteiger partial charge is 0.462 e. The molecule has 1 unspecified atom stereocenters. The van der Waals surface area contributed by atoms with E-state index in [-0.39, 0.29) is 11.9 Å². The number of hydrogen-bond donors (Lipinski definition) is 1. The fourth-order valence-electron chi connectivity index (χ4n) is 2.61. The molecule has 0 spiro atoms. The Labute approximate surface area is 135 Å². The van der Waals surface area contributed by atoms with E-state index in [1.165, 1.54) is 11.3 Å². The maximum Gasteiger partial charge on any atom is 0.341 e. The van der Waals surface area contributed by atoms with Crippen LogP contribution in [0, 0.1) is 5.92 Å². The van der Waals surface area contributed by atoms with E-state index in [0.29, 0.717) is 29.6 Å². The van der Waals surface area contributed by atoms with E-state index in [1.807, 2.05) is 13.0 Å². The minimum atomic E-state index is -0.372. The van der Waals surface area contributed by atoms with Gasteiger partial charge in [0.05, 0.1) is 18.7 Å². The summed E-state index contributed by atoms with van der Waals surface area (Å²) in [4.78, 5) is 27.4. The third-order valence-corrected chi connectivity index (χ3v) is 4.95. The topological polar surface area (TPSA) is 58.6 Å². The van der Waals surface area contributed by atoms with Gasteiger partial charge < -0.3 is 10.1 Å². The number of likely N-dealkylation sites (tertiary alicyclic amines) is 1. The van der Waals surface area contributed by atoms with Gasteiger partial charge >= 0.3 is 5.97 Å². The van der Waals surface area contributed by atoms with Crippen molar-refractivity contribution in [1.82, 2.24) is 4.90 Å². The lowest BCUT2D eigenvalue weighted by Crippen LogP contribution is -2.31. The van der Waals surface area contributed by atoms with E-state index >= 15 is 0 Å². The molecule has 1 aromatic heterocycles. The van der Waals surface area contributed by atoms with Crippen molar-refractivity contribution in [1.29, 1.82) is 0 Å². The fourth-order valence-corrected chi connectivity index (χ4v) is 3.61. The van der Waals surface area contributed by atoms with Gasteiger partial charge in [-0.1, -0.05) is 13.8 Å². The van der Waals surface area contributed by atoms with Gasteiger partial charge in [-0.05, 0) is 38.3 Å². The molecular formula is C16H24N2O3S. The van der Waals surface area contributed by atoms with Crippen LogP contribution in [0.25, 0.3) is 0 Å². The highest BCUT2D eigenvalue weighted by atomic mass is 32.1. The molecule has 1 amide bonds. The average molecular weight is 324 g/mol. The van der Waals surface area contributed by atoms with Crippen molar-refractivity contribution in [3.05, 3.63) is 16.5 Å². The zero-order valence-corrected chi connectivity index (χ0v) is 14.3. The zero-order chi connectivity index (χ0) is 16.1. The molecule has 2 heterocycles. The van der Waals surface area contributed by atoms with Gasteiger partial charge in [0.25, 0.3) is 0 Å².